The Morgan fingerprint density at radius 1 is 1.21 bits per heavy atom. The Kier molecular flexibility index (Phi) is 7.13. The number of anilines is 4. The first-order valence-corrected chi connectivity index (χ1v) is 13.0. The standard InChI is InChI=1S/C28H34FN7O2/c1-17(2)35(4)36(24-10-9-23(29)25(33-24)28(3,38)21-6-7-21)26-20(16-37)15-31-27(34-26)32-22-8-5-18-11-12-30-14-19(18)13-22/h5,8-10,13,15-17,21,30,38H,6-7,11-12,14H2,1-4H3,(H,31,32,34). The minimum atomic E-state index is -1.39. The number of carbonyl (C=O) groups is 1. The van der Waals surface area contributed by atoms with Crippen molar-refractivity contribution in [2.75, 3.05) is 23.9 Å². The summed E-state index contributed by atoms with van der Waals surface area (Å²) in [6, 6.07) is 8.98. The second kappa shape index (κ2) is 10.4. The summed E-state index contributed by atoms with van der Waals surface area (Å²) in [7, 11) is 1.84. The quantitative estimate of drug-likeness (QED) is 0.283. The number of hydrogen-bond donors (Lipinski definition) is 3. The molecule has 1 aliphatic heterocycles. The van der Waals surface area contributed by atoms with E-state index in [2.05, 4.69) is 32.7 Å². The molecule has 1 aromatic carbocycles. The molecule has 5 rings (SSSR count). The summed E-state index contributed by atoms with van der Waals surface area (Å²) >= 11 is 0. The third-order valence-electron chi connectivity index (χ3n) is 7.44. The van der Waals surface area contributed by atoms with Crippen molar-refractivity contribution in [2.45, 2.75) is 58.2 Å². The van der Waals surface area contributed by atoms with Crippen LogP contribution in [0.5, 0.6) is 0 Å². The lowest BCUT2D eigenvalue weighted by molar-refractivity contribution is 0.0248. The normalized spacial score (nSPS) is 16.7. The van der Waals surface area contributed by atoms with Gasteiger partial charge in [-0.1, -0.05) is 6.07 Å². The first-order valence-electron chi connectivity index (χ1n) is 13.0. The van der Waals surface area contributed by atoms with Gasteiger partial charge in [-0.25, -0.2) is 24.4 Å². The van der Waals surface area contributed by atoms with E-state index in [1.807, 2.05) is 32.0 Å². The topological polar surface area (TPSA) is 107 Å². The number of benzene rings is 1. The summed E-state index contributed by atoms with van der Waals surface area (Å²) < 4.78 is 14.9. The lowest BCUT2D eigenvalue weighted by Gasteiger charge is -2.36. The number of aldehydes is 1. The molecule has 1 aliphatic carbocycles. The Bertz CT molecular complexity index is 1340. The second-order valence-corrected chi connectivity index (χ2v) is 10.5. The van der Waals surface area contributed by atoms with Crippen LogP contribution in [0.1, 0.15) is 60.8 Å². The minimum absolute atomic E-state index is 0.0117. The number of fused-ring (bicyclic) bond motifs is 1. The molecule has 10 heteroatoms. The maximum atomic E-state index is 14.9. The number of pyridine rings is 1. The molecule has 2 aromatic heterocycles. The average Bonchev–Trinajstić information content (AvgIpc) is 3.76. The summed E-state index contributed by atoms with van der Waals surface area (Å²) in [6.45, 7) is 7.35. The van der Waals surface area contributed by atoms with Crippen molar-refractivity contribution in [3.8, 4) is 0 Å². The number of hydrogen-bond acceptors (Lipinski definition) is 9. The average molecular weight is 520 g/mol. The predicted octanol–water partition coefficient (Wildman–Crippen LogP) is 4.22. The fourth-order valence-corrected chi connectivity index (χ4v) is 4.78. The zero-order valence-corrected chi connectivity index (χ0v) is 22.2. The van der Waals surface area contributed by atoms with Gasteiger partial charge in [0.2, 0.25) is 5.95 Å². The van der Waals surface area contributed by atoms with Crippen molar-refractivity contribution in [2.24, 2.45) is 5.92 Å². The van der Waals surface area contributed by atoms with Gasteiger partial charge in [-0.15, -0.1) is 0 Å². The first kappa shape index (κ1) is 26.1. The fraction of sp³-hybridized carbons (Fsp3) is 0.429. The molecule has 1 fully saturated rings. The lowest BCUT2D eigenvalue weighted by Crippen LogP contribution is -2.43. The van der Waals surface area contributed by atoms with Crippen LogP contribution in [0, 0.1) is 11.7 Å². The van der Waals surface area contributed by atoms with Gasteiger partial charge in [-0.3, -0.25) is 4.79 Å². The highest BCUT2D eigenvalue weighted by atomic mass is 19.1. The molecular weight excluding hydrogens is 485 g/mol. The molecule has 1 saturated carbocycles. The van der Waals surface area contributed by atoms with Crippen LogP contribution in [0.2, 0.25) is 0 Å². The number of nitrogens with one attached hydrogen (secondary N) is 2. The smallest absolute Gasteiger partial charge is 0.229 e. The van der Waals surface area contributed by atoms with Gasteiger partial charge in [0, 0.05) is 31.5 Å². The Morgan fingerprint density at radius 2 is 2.00 bits per heavy atom. The van der Waals surface area contributed by atoms with Crippen molar-refractivity contribution in [3.63, 3.8) is 0 Å². The van der Waals surface area contributed by atoms with Crippen LogP contribution in [0.3, 0.4) is 0 Å². The number of rotatable bonds is 9. The van der Waals surface area contributed by atoms with Gasteiger partial charge in [0.1, 0.15) is 22.9 Å². The molecule has 200 valence electrons. The molecule has 3 aromatic rings. The number of nitrogens with zero attached hydrogens (tertiary/aromatic N) is 5. The van der Waals surface area contributed by atoms with E-state index in [0.29, 0.717) is 23.9 Å². The van der Waals surface area contributed by atoms with Crippen molar-refractivity contribution >= 4 is 29.6 Å². The Hall–Kier alpha value is -3.47. The minimum Gasteiger partial charge on any atom is -0.383 e. The zero-order chi connectivity index (χ0) is 27.0. The Balaban J connectivity index is 1.56. The van der Waals surface area contributed by atoms with Crippen molar-refractivity contribution in [1.29, 1.82) is 0 Å². The predicted molar refractivity (Wildman–Crippen MR) is 144 cm³/mol. The molecule has 1 unspecified atom stereocenters. The SMILES string of the molecule is CC(C)N(C)N(c1ccc(F)c(C(C)(O)C2CC2)n1)c1nc(Nc2ccc3c(c2)CNCC3)ncc1C=O. The van der Waals surface area contributed by atoms with Crippen LogP contribution in [0.15, 0.2) is 36.5 Å². The third kappa shape index (κ3) is 5.11. The summed E-state index contributed by atoms with van der Waals surface area (Å²) in [6.07, 6.45) is 4.78. The molecule has 38 heavy (non-hydrogen) atoms. The largest absolute Gasteiger partial charge is 0.383 e. The lowest BCUT2D eigenvalue weighted by atomic mass is 9.95. The first-order chi connectivity index (χ1) is 18.2. The molecule has 0 saturated heterocycles. The van der Waals surface area contributed by atoms with E-state index < -0.39 is 11.4 Å². The van der Waals surface area contributed by atoms with Gasteiger partial charge in [0.05, 0.1) is 5.56 Å². The number of hydrazine groups is 1. The molecule has 1 atom stereocenters. The van der Waals surface area contributed by atoms with Crippen LogP contribution in [-0.4, -0.2) is 51.0 Å². The maximum Gasteiger partial charge on any atom is 0.229 e. The van der Waals surface area contributed by atoms with E-state index in [-0.39, 0.29) is 23.2 Å². The molecule has 2 aliphatic rings. The monoisotopic (exact) mass is 519 g/mol. The molecule has 3 N–H and O–H groups in total. The van der Waals surface area contributed by atoms with E-state index in [0.717, 1.165) is 38.0 Å². The fourth-order valence-electron chi connectivity index (χ4n) is 4.78. The highest BCUT2D eigenvalue weighted by molar-refractivity contribution is 5.84. The summed E-state index contributed by atoms with van der Waals surface area (Å²) in [5.41, 5.74) is 2.22. The summed E-state index contributed by atoms with van der Waals surface area (Å²) in [5, 5.41) is 21.3. The maximum absolute atomic E-state index is 14.9. The number of aliphatic hydroxyl groups is 1. The summed E-state index contributed by atoms with van der Waals surface area (Å²) in [4.78, 5) is 25.7. The van der Waals surface area contributed by atoms with Gasteiger partial charge in [0.25, 0.3) is 0 Å². The van der Waals surface area contributed by atoms with Gasteiger partial charge >= 0.3 is 0 Å². The molecule has 0 bridgehead atoms. The van der Waals surface area contributed by atoms with Crippen LogP contribution in [0.4, 0.5) is 27.7 Å². The van der Waals surface area contributed by atoms with Crippen molar-refractivity contribution in [1.82, 2.24) is 25.3 Å². The van der Waals surface area contributed by atoms with Crippen LogP contribution < -0.4 is 15.6 Å². The Labute approximate surface area is 222 Å². The van der Waals surface area contributed by atoms with Gasteiger partial charge in [0.15, 0.2) is 12.1 Å². The molecule has 0 spiro atoms. The van der Waals surface area contributed by atoms with Gasteiger partial charge in [-0.2, -0.15) is 4.98 Å². The van der Waals surface area contributed by atoms with Gasteiger partial charge < -0.3 is 15.7 Å². The van der Waals surface area contributed by atoms with Crippen LogP contribution in [-0.2, 0) is 18.6 Å². The molecular formula is C28H34FN7O2. The van der Waals surface area contributed by atoms with Crippen LogP contribution in [0.25, 0.3) is 0 Å². The third-order valence-corrected chi connectivity index (χ3v) is 7.44. The highest BCUT2D eigenvalue weighted by Crippen LogP contribution is 2.46. The zero-order valence-electron chi connectivity index (χ0n) is 22.2. The number of halogens is 1. The van der Waals surface area contributed by atoms with Crippen LogP contribution >= 0.6 is 0 Å². The van der Waals surface area contributed by atoms with Crippen molar-refractivity contribution < 1.29 is 14.3 Å². The molecule has 9 nitrogen and oxygen atoms in total. The highest BCUT2D eigenvalue weighted by Gasteiger charge is 2.44. The second-order valence-electron chi connectivity index (χ2n) is 10.5. The van der Waals surface area contributed by atoms with E-state index in [4.69, 9.17) is 4.98 Å². The summed E-state index contributed by atoms with van der Waals surface area (Å²) in [5.74, 6) is 0.336. The number of aromatic nitrogens is 3. The number of carbonyl (C=O) groups excluding carboxylic acids is 1. The van der Waals surface area contributed by atoms with E-state index in [9.17, 15) is 14.3 Å². The molecule has 0 radical (unpaired) electrons. The Morgan fingerprint density at radius 3 is 2.71 bits per heavy atom. The van der Waals surface area contributed by atoms with Crippen molar-refractivity contribution in [3.05, 3.63) is 64.7 Å². The van der Waals surface area contributed by atoms with Gasteiger partial charge in [-0.05, 0) is 87.9 Å². The van der Waals surface area contributed by atoms with E-state index in [1.165, 1.54) is 29.5 Å². The van der Waals surface area contributed by atoms with E-state index >= 15 is 0 Å². The molecule has 0 amide bonds. The molecule has 3 heterocycles. The van der Waals surface area contributed by atoms with E-state index in [1.54, 1.807) is 11.9 Å².